The molecule has 0 amide bonds. The molecule has 0 aliphatic carbocycles. The summed E-state index contributed by atoms with van der Waals surface area (Å²) in [6, 6.07) is 21.4. The Morgan fingerprint density at radius 1 is 0.903 bits per heavy atom. The molecule has 3 aromatic carbocycles. The number of hydrogen-bond donors (Lipinski definition) is 1. The maximum Gasteiger partial charge on any atom is 0.159 e. The summed E-state index contributed by atoms with van der Waals surface area (Å²) < 4.78 is 39.7. The van der Waals surface area contributed by atoms with E-state index in [1.807, 2.05) is 54.6 Å². The van der Waals surface area contributed by atoms with Gasteiger partial charge in [-0.2, -0.15) is 0 Å². The highest BCUT2D eigenvalue weighted by molar-refractivity contribution is 6.30. The van der Waals surface area contributed by atoms with Crippen LogP contribution in [0.15, 0.2) is 72.8 Å². The van der Waals surface area contributed by atoms with Gasteiger partial charge in [-0.25, -0.2) is 8.78 Å². The van der Waals surface area contributed by atoms with Crippen molar-refractivity contribution < 1.29 is 18.3 Å². The maximum atomic E-state index is 13.6. The lowest BCUT2D eigenvalue weighted by Crippen LogP contribution is -2.54. The molecule has 1 fully saturated rings. The summed E-state index contributed by atoms with van der Waals surface area (Å²) in [4.78, 5) is 0. The van der Waals surface area contributed by atoms with Crippen LogP contribution in [0.4, 0.5) is 8.78 Å². The molecule has 3 aromatic rings. The molecule has 0 spiro atoms. The van der Waals surface area contributed by atoms with Gasteiger partial charge in [0.2, 0.25) is 0 Å². The summed E-state index contributed by atoms with van der Waals surface area (Å²) in [6.07, 6.45) is 0.364. The van der Waals surface area contributed by atoms with Crippen LogP contribution in [0.3, 0.4) is 0 Å². The quantitative estimate of drug-likeness (QED) is 0.515. The SMILES string of the molecule is Fc1ccc(CO[C@H]2CNCC[C@]2(OCc2ccccc2)c2ccc(Cl)cc2)cc1F. The summed E-state index contributed by atoms with van der Waals surface area (Å²) in [7, 11) is 0. The molecule has 0 radical (unpaired) electrons. The van der Waals surface area contributed by atoms with Crippen molar-refractivity contribution >= 4 is 11.6 Å². The predicted molar refractivity (Wildman–Crippen MR) is 117 cm³/mol. The molecule has 0 unspecified atom stereocenters. The number of nitrogens with one attached hydrogen (secondary N) is 1. The topological polar surface area (TPSA) is 30.5 Å². The number of rotatable bonds is 7. The zero-order valence-electron chi connectivity index (χ0n) is 17.0. The minimum absolute atomic E-state index is 0.146. The van der Waals surface area contributed by atoms with Crippen molar-refractivity contribution in [3.8, 4) is 0 Å². The van der Waals surface area contributed by atoms with Crippen LogP contribution in [-0.4, -0.2) is 19.2 Å². The van der Waals surface area contributed by atoms with Crippen molar-refractivity contribution in [3.05, 3.63) is 106 Å². The lowest BCUT2D eigenvalue weighted by molar-refractivity contribution is -0.176. The molecule has 1 N–H and O–H groups in total. The molecule has 1 aliphatic heterocycles. The van der Waals surface area contributed by atoms with Gasteiger partial charge in [-0.3, -0.25) is 0 Å². The summed E-state index contributed by atoms with van der Waals surface area (Å²) in [5.41, 5.74) is 1.90. The minimum atomic E-state index is -0.882. The van der Waals surface area contributed by atoms with E-state index < -0.39 is 17.2 Å². The van der Waals surface area contributed by atoms with Crippen LogP contribution in [-0.2, 0) is 28.3 Å². The smallest absolute Gasteiger partial charge is 0.159 e. The van der Waals surface area contributed by atoms with Gasteiger partial charge in [0.25, 0.3) is 0 Å². The molecule has 1 heterocycles. The molecule has 0 aromatic heterocycles. The lowest BCUT2D eigenvalue weighted by Gasteiger charge is -2.44. The highest BCUT2D eigenvalue weighted by atomic mass is 35.5. The Hall–Kier alpha value is -2.31. The fourth-order valence-corrected chi connectivity index (χ4v) is 4.08. The Morgan fingerprint density at radius 2 is 1.68 bits per heavy atom. The molecule has 1 aliphatic rings. The molecule has 162 valence electrons. The fourth-order valence-electron chi connectivity index (χ4n) is 3.95. The molecule has 0 saturated carbocycles. The normalized spacial score (nSPS) is 21.2. The van der Waals surface area contributed by atoms with Crippen molar-refractivity contribution in [3.63, 3.8) is 0 Å². The van der Waals surface area contributed by atoms with Crippen molar-refractivity contribution in [1.82, 2.24) is 5.32 Å². The zero-order chi connectivity index (χ0) is 21.7. The Morgan fingerprint density at radius 3 is 2.42 bits per heavy atom. The fraction of sp³-hybridized carbons (Fsp3) is 0.280. The van der Waals surface area contributed by atoms with Gasteiger partial charge in [0.05, 0.1) is 13.2 Å². The Balaban J connectivity index is 1.60. The Labute approximate surface area is 186 Å². The van der Waals surface area contributed by atoms with E-state index in [1.54, 1.807) is 0 Å². The average Bonchev–Trinajstić information content (AvgIpc) is 2.80. The first kappa shape index (κ1) is 21.9. The van der Waals surface area contributed by atoms with E-state index in [4.69, 9.17) is 21.1 Å². The van der Waals surface area contributed by atoms with Gasteiger partial charge in [0.15, 0.2) is 11.6 Å². The van der Waals surface area contributed by atoms with E-state index in [2.05, 4.69) is 5.32 Å². The van der Waals surface area contributed by atoms with E-state index >= 15 is 0 Å². The molecule has 3 nitrogen and oxygen atoms in total. The maximum absolute atomic E-state index is 13.6. The van der Waals surface area contributed by atoms with Crippen molar-refractivity contribution in [2.24, 2.45) is 0 Å². The average molecular weight is 444 g/mol. The van der Waals surface area contributed by atoms with E-state index in [0.717, 1.165) is 23.7 Å². The van der Waals surface area contributed by atoms with Gasteiger partial charge in [-0.15, -0.1) is 0 Å². The van der Waals surface area contributed by atoms with Gasteiger partial charge in [0, 0.05) is 11.6 Å². The highest BCUT2D eigenvalue weighted by Gasteiger charge is 2.44. The second kappa shape index (κ2) is 9.88. The molecule has 31 heavy (non-hydrogen) atoms. The van der Waals surface area contributed by atoms with Gasteiger partial charge in [-0.05, 0) is 53.9 Å². The molecular formula is C25H24ClF2NO2. The standard InChI is InChI=1S/C25H24ClF2NO2/c26-21-9-7-20(8-10-21)25(31-17-18-4-2-1-3-5-18)12-13-29-15-24(25)30-16-19-6-11-22(27)23(28)14-19/h1-11,14,24,29H,12-13,15-17H2/t24-,25-/m0/s1. The first-order valence-electron chi connectivity index (χ1n) is 10.3. The van der Waals surface area contributed by atoms with E-state index in [-0.39, 0.29) is 12.7 Å². The van der Waals surface area contributed by atoms with Crippen molar-refractivity contribution in [2.75, 3.05) is 13.1 Å². The molecule has 0 bridgehead atoms. The molecule has 4 rings (SSSR count). The second-order valence-corrected chi connectivity index (χ2v) is 8.11. The minimum Gasteiger partial charge on any atom is -0.369 e. The largest absolute Gasteiger partial charge is 0.369 e. The van der Waals surface area contributed by atoms with Crippen LogP contribution < -0.4 is 5.32 Å². The molecular weight excluding hydrogens is 420 g/mol. The molecule has 2 atom stereocenters. The van der Waals surface area contributed by atoms with Crippen LogP contribution in [0.2, 0.25) is 5.02 Å². The van der Waals surface area contributed by atoms with Crippen LogP contribution in [0.1, 0.15) is 23.1 Å². The van der Waals surface area contributed by atoms with Crippen molar-refractivity contribution in [2.45, 2.75) is 31.3 Å². The monoisotopic (exact) mass is 443 g/mol. The third kappa shape index (κ3) is 5.13. The van der Waals surface area contributed by atoms with E-state index in [9.17, 15) is 8.78 Å². The first-order chi connectivity index (χ1) is 15.1. The predicted octanol–water partition coefficient (Wildman–Crippen LogP) is 5.61. The van der Waals surface area contributed by atoms with E-state index in [1.165, 1.54) is 12.1 Å². The second-order valence-electron chi connectivity index (χ2n) is 7.67. The Kier molecular flexibility index (Phi) is 6.98. The summed E-state index contributed by atoms with van der Waals surface area (Å²) >= 11 is 6.12. The van der Waals surface area contributed by atoms with Crippen LogP contribution in [0.25, 0.3) is 0 Å². The lowest BCUT2D eigenvalue weighted by atomic mass is 9.82. The number of hydrogen-bond acceptors (Lipinski definition) is 3. The van der Waals surface area contributed by atoms with Gasteiger partial charge >= 0.3 is 0 Å². The third-order valence-electron chi connectivity index (χ3n) is 5.63. The number of piperidine rings is 1. The molecule has 1 saturated heterocycles. The van der Waals surface area contributed by atoms with Gasteiger partial charge in [0.1, 0.15) is 11.7 Å². The summed E-state index contributed by atoms with van der Waals surface area (Å²) in [6.45, 7) is 1.91. The van der Waals surface area contributed by atoms with Crippen LogP contribution >= 0.6 is 11.6 Å². The highest BCUT2D eigenvalue weighted by Crippen LogP contribution is 2.38. The zero-order valence-corrected chi connectivity index (χ0v) is 17.7. The first-order valence-corrected chi connectivity index (χ1v) is 10.6. The third-order valence-corrected chi connectivity index (χ3v) is 5.88. The molecule has 6 heteroatoms. The number of halogens is 3. The summed E-state index contributed by atoms with van der Waals surface area (Å²) in [5, 5.41) is 4.01. The summed E-state index contributed by atoms with van der Waals surface area (Å²) in [5.74, 6) is -1.75. The van der Waals surface area contributed by atoms with Crippen LogP contribution in [0, 0.1) is 11.6 Å². The van der Waals surface area contributed by atoms with Gasteiger partial charge in [-0.1, -0.05) is 60.1 Å². The number of ether oxygens (including phenoxy) is 2. The van der Waals surface area contributed by atoms with Crippen LogP contribution in [0.5, 0.6) is 0 Å². The van der Waals surface area contributed by atoms with Gasteiger partial charge < -0.3 is 14.8 Å². The van der Waals surface area contributed by atoms with E-state index in [0.29, 0.717) is 30.2 Å². The number of benzene rings is 3. The van der Waals surface area contributed by atoms with Crippen molar-refractivity contribution in [1.29, 1.82) is 0 Å². The Bertz CT molecular complexity index is 1000.